The first kappa shape index (κ1) is 12.6. The van der Waals surface area contributed by atoms with Crippen molar-refractivity contribution in [2.24, 2.45) is 0 Å². The minimum Gasteiger partial charge on any atom is -0.492 e. The van der Waals surface area contributed by atoms with E-state index in [1.807, 2.05) is 6.07 Å². The third-order valence-corrected chi connectivity index (χ3v) is 2.37. The van der Waals surface area contributed by atoms with Gasteiger partial charge in [-0.3, -0.25) is 0 Å². The van der Waals surface area contributed by atoms with E-state index in [2.05, 4.69) is 5.10 Å². The first-order valence-corrected chi connectivity index (χ1v) is 5.50. The zero-order valence-corrected chi connectivity index (χ0v) is 9.89. The van der Waals surface area contributed by atoms with Crippen LogP contribution in [0.15, 0.2) is 36.5 Å². The summed E-state index contributed by atoms with van der Waals surface area (Å²) in [7, 11) is 0. The molecule has 19 heavy (non-hydrogen) atoms. The van der Waals surface area contributed by atoms with E-state index in [1.165, 1.54) is 16.9 Å². The van der Waals surface area contributed by atoms with Gasteiger partial charge in [0.15, 0.2) is 0 Å². The number of hydrogen-bond acceptors (Lipinski definition) is 5. The van der Waals surface area contributed by atoms with Crippen LogP contribution in [0, 0.1) is 21.4 Å². The molecule has 0 amide bonds. The highest BCUT2D eigenvalue weighted by Crippen LogP contribution is 2.12. The lowest BCUT2D eigenvalue weighted by atomic mass is 10.2. The lowest BCUT2D eigenvalue weighted by molar-refractivity contribution is -0.389. The van der Waals surface area contributed by atoms with Crippen LogP contribution in [0.25, 0.3) is 0 Å². The maximum absolute atomic E-state index is 10.4. The van der Waals surface area contributed by atoms with E-state index in [0.29, 0.717) is 24.5 Å². The number of rotatable bonds is 5. The van der Waals surface area contributed by atoms with Gasteiger partial charge in [-0.1, -0.05) is 6.07 Å². The van der Waals surface area contributed by atoms with Gasteiger partial charge in [-0.15, -0.1) is 0 Å². The molecule has 0 aliphatic rings. The molecule has 0 N–H and O–H groups in total. The first-order chi connectivity index (χ1) is 9.19. The van der Waals surface area contributed by atoms with E-state index in [4.69, 9.17) is 10.00 Å². The highest BCUT2D eigenvalue weighted by atomic mass is 16.6. The highest BCUT2D eigenvalue weighted by Gasteiger charge is 2.10. The Bertz CT molecular complexity index is 630. The third-order valence-electron chi connectivity index (χ3n) is 2.37. The number of benzene rings is 1. The molecule has 0 saturated heterocycles. The van der Waals surface area contributed by atoms with Crippen LogP contribution in [0.1, 0.15) is 5.56 Å². The Morgan fingerprint density at radius 1 is 1.47 bits per heavy atom. The predicted octanol–water partition coefficient (Wildman–Crippen LogP) is 1.74. The van der Waals surface area contributed by atoms with E-state index >= 15 is 0 Å². The average molecular weight is 258 g/mol. The maximum atomic E-state index is 10.4. The van der Waals surface area contributed by atoms with Crippen LogP contribution in [-0.2, 0) is 6.54 Å². The van der Waals surface area contributed by atoms with Crippen molar-refractivity contribution in [1.82, 2.24) is 9.78 Å². The largest absolute Gasteiger partial charge is 0.492 e. The molecule has 96 valence electrons. The van der Waals surface area contributed by atoms with Crippen molar-refractivity contribution in [2.75, 3.05) is 6.61 Å². The Hall–Kier alpha value is -2.88. The molecule has 0 atom stereocenters. The Morgan fingerprint density at radius 3 is 3.00 bits per heavy atom. The summed E-state index contributed by atoms with van der Waals surface area (Å²) < 4.78 is 6.88. The fraction of sp³-hybridized carbons (Fsp3) is 0.167. The highest BCUT2D eigenvalue weighted by molar-refractivity contribution is 5.36. The van der Waals surface area contributed by atoms with Crippen LogP contribution in [0.3, 0.4) is 0 Å². The molecule has 0 radical (unpaired) electrons. The molecule has 0 saturated carbocycles. The van der Waals surface area contributed by atoms with Gasteiger partial charge < -0.3 is 14.9 Å². The van der Waals surface area contributed by atoms with Gasteiger partial charge in [0, 0.05) is 0 Å². The molecule has 2 rings (SSSR count). The molecule has 7 nitrogen and oxygen atoms in total. The normalized spacial score (nSPS) is 9.84. The fourth-order valence-corrected chi connectivity index (χ4v) is 1.49. The second-order valence-corrected chi connectivity index (χ2v) is 3.68. The summed E-state index contributed by atoms with van der Waals surface area (Å²) in [4.78, 5) is 9.90. The van der Waals surface area contributed by atoms with E-state index in [0.717, 1.165) is 0 Å². The zero-order valence-electron chi connectivity index (χ0n) is 9.89. The zero-order chi connectivity index (χ0) is 13.7. The molecular formula is C12H10N4O3. The molecule has 0 bridgehead atoms. The fourth-order valence-electron chi connectivity index (χ4n) is 1.49. The second-order valence-electron chi connectivity index (χ2n) is 3.68. The second kappa shape index (κ2) is 5.64. The predicted molar refractivity (Wildman–Crippen MR) is 65.5 cm³/mol. The Morgan fingerprint density at radius 2 is 2.32 bits per heavy atom. The van der Waals surface area contributed by atoms with Crippen LogP contribution < -0.4 is 4.74 Å². The monoisotopic (exact) mass is 258 g/mol. The summed E-state index contributed by atoms with van der Waals surface area (Å²) in [6, 6.07) is 10.1. The number of ether oxygens (including phenoxy) is 1. The van der Waals surface area contributed by atoms with Crippen molar-refractivity contribution in [3.63, 3.8) is 0 Å². The van der Waals surface area contributed by atoms with Crippen LogP contribution in [0.4, 0.5) is 5.82 Å². The first-order valence-electron chi connectivity index (χ1n) is 5.50. The molecule has 0 spiro atoms. The number of nitro groups is 1. The van der Waals surface area contributed by atoms with E-state index in [9.17, 15) is 10.1 Å². The van der Waals surface area contributed by atoms with Gasteiger partial charge in [0.25, 0.3) is 0 Å². The summed E-state index contributed by atoms with van der Waals surface area (Å²) in [5.74, 6) is 0.396. The van der Waals surface area contributed by atoms with Gasteiger partial charge in [-0.05, 0) is 23.1 Å². The van der Waals surface area contributed by atoms with E-state index in [-0.39, 0.29) is 5.82 Å². The summed E-state index contributed by atoms with van der Waals surface area (Å²) >= 11 is 0. The maximum Gasteiger partial charge on any atom is 0.389 e. The van der Waals surface area contributed by atoms with Gasteiger partial charge in [-0.2, -0.15) is 9.94 Å². The summed E-state index contributed by atoms with van der Waals surface area (Å²) in [6.07, 6.45) is 1.52. The molecular weight excluding hydrogens is 248 g/mol. The lowest BCUT2D eigenvalue weighted by Crippen LogP contribution is -2.09. The number of hydrogen-bond donors (Lipinski definition) is 0. The van der Waals surface area contributed by atoms with Crippen molar-refractivity contribution < 1.29 is 9.66 Å². The molecule has 1 aromatic heterocycles. The molecule has 0 unspecified atom stereocenters. The quantitative estimate of drug-likeness (QED) is 0.601. The number of nitriles is 1. The van der Waals surface area contributed by atoms with Crippen molar-refractivity contribution in [3.05, 3.63) is 52.2 Å². The lowest BCUT2D eigenvalue weighted by Gasteiger charge is -2.04. The SMILES string of the molecule is N#Cc1cccc(OCCn2ccc([N+](=O)[O-])n2)c1. The standard InChI is InChI=1S/C12H10N4O3/c13-9-10-2-1-3-11(8-10)19-7-6-15-5-4-12(14-15)16(17)18/h1-5,8H,6-7H2. The number of nitrogens with zero attached hydrogens (tertiary/aromatic N) is 4. The Labute approximate surface area is 108 Å². The molecule has 1 heterocycles. The Kier molecular flexibility index (Phi) is 3.73. The Balaban J connectivity index is 1.89. The third kappa shape index (κ3) is 3.29. The van der Waals surface area contributed by atoms with Gasteiger partial charge in [0.2, 0.25) is 0 Å². The van der Waals surface area contributed by atoms with Crippen molar-refractivity contribution >= 4 is 5.82 Å². The van der Waals surface area contributed by atoms with Crippen LogP contribution in [-0.4, -0.2) is 21.3 Å². The minimum atomic E-state index is -0.548. The molecule has 0 aliphatic heterocycles. The van der Waals surface area contributed by atoms with Crippen LogP contribution in [0.5, 0.6) is 5.75 Å². The minimum absolute atomic E-state index is 0.188. The molecule has 0 fully saturated rings. The summed E-state index contributed by atoms with van der Waals surface area (Å²) in [5, 5.41) is 22.9. The number of aromatic nitrogens is 2. The van der Waals surface area contributed by atoms with Crippen molar-refractivity contribution in [2.45, 2.75) is 6.54 Å². The van der Waals surface area contributed by atoms with Crippen LogP contribution in [0.2, 0.25) is 0 Å². The van der Waals surface area contributed by atoms with Gasteiger partial charge in [0.1, 0.15) is 12.4 Å². The van der Waals surface area contributed by atoms with E-state index < -0.39 is 4.92 Å². The van der Waals surface area contributed by atoms with E-state index in [1.54, 1.807) is 24.3 Å². The molecule has 1 aromatic carbocycles. The van der Waals surface area contributed by atoms with Crippen LogP contribution >= 0.6 is 0 Å². The summed E-state index contributed by atoms with van der Waals surface area (Å²) in [6.45, 7) is 0.707. The van der Waals surface area contributed by atoms with Gasteiger partial charge in [-0.25, -0.2) is 0 Å². The molecule has 2 aromatic rings. The summed E-state index contributed by atoms with van der Waals surface area (Å²) in [5.41, 5.74) is 0.521. The van der Waals surface area contributed by atoms with Gasteiger partial charge >= 0.3 is 5.82 Å². The average Bonchev–Trinajstić information content (AvgIpc) is 2.88. The van der Waals surface area contributed by atoms with Gasteiger partial charge in [0.05, 0.1) is 35.5 Å². The van der Waals surface area contributed by atoms with Crippen molar-refractivity contribution in [1.29, 1.82) is 5.26 Å². The molecule has 0 aliphatic carbocycles. The smallest absolute Gasteiger partial charge is 0.389 e. The molecule has 7 heteroatoms. The van der Waals surface area contributed by atoms with Crippen molar-refractivity contribution in [3.8, 4) is 11.8 Å². The topological polar surface area (TPSA) is 94.0 Å².